The van der Waals surface area contributed by atoms with Gasteiger partial charge in [-0.25, -0.2) is 13.8 Å². The fourth-order valence-electron chi connectivity index (χ4n) is 2.48. The number of aromatic nitrogens is 3. The van der Waals surface area contributed by atoms with E-state index in [0.717, 1.165) is 12.1 Å². The molecule has 2 aromatic heterocycles. The van der Waals surface area contributed by atoms with Crippen molar-refractivity contribution in [2.45, 2.75) is 6.61 Å². The van der Waals surface area contributed by atoms with E-state index in [-0.39, 0.29) is 28.8 Å². The van der Waals surface area contributed by atoms with E-state index in [4.69, 9.17) is 32.7 Å². The van der Waals surface area contributed by atoms with E-state index in [1.807, 2.05) is 0 Å². The van der Waals surface area contributed by atoms with E-state index in [9.17, 15) is 8.78 Å². The summed E-state index contributed by atoms with van der Waals surface area (Å²) in [5.74, 6) is -1.38. The molecule has 0 fully saturated rings. The molecule has 9 heteroatoms. The van der Waals surface area contributed by atoms with Gasteiger partial charge < -0.3 is 9.47 Å². The first-order valence-corrected chi connectivity index (χ1v) is 8.78. The molecule has 0 aliphatic rings. The highest BCUT2D eigenvalue weighted by Gasteiger charge is 2.15. The van der Waals surface area contributed by atoms with Gasteiger partial charge in [0.15, 0.2) is 17.4 Å². The molecule has 142 valence electrons. The molecule has 0 spiro atoms. The Hall–Kier alpha value is -2.90. The van der Waals surface area contributed by atoms with Gasteiger partial charge in [0.1, 0.15) is 12.4 Å². The molecule has 0 saturated heterocycles. The van der Waals surface area contributed by atoms with Crippen molar-refractivity contribution in [1.82, 2.24) is 14.4 Å². The maximum atomic E-state index is 14.4. The summed E-state index contributed by atoms with van der Waals surface area (Å²) in [6.07, 6.45) is 5.06. The third-order valence-electron chi connectivity index (χ3n) is 3.79. The Labute approximate surface area is 168 Å². The molecule has 0 radical (unpaired) electrons. The first-order valence-electron chi connectivity index (χ1n) is 8.03. The molecule has 0 amide bonds. The molecule has 4 aromatic rings. The number of benzene rings is 2. The highest BCUT2D eigenvalue weighted by molar-refractivity contribution is 6.42. The zero-order valence-electron chi connectivity index (χ0n) is 14.1. The fourth-order valence-corrected chi connectivity index (χ4v) is 2.77. The van der Waals surface area contributed by atoms with Crippen molar-refractivity contribution < 1.29 is 18.3 Å². The van der Waals surface area contributed by atoms with Crippen LogP contribution in [0.3, 0.4) is 0 Å². The van der Waals surface area contributed by atoms with Crippen LogP contribution in [-0.4, -0.2) is 14.4 Å². The minimum atomic E-state index is -0.874. The summed E-state index contributed by atoms with van der Waals surface area (Å²) < 4.78 is 41.2. The molecule has 0 N–H and O–H groups in total. The molecule has 0 aliphatic heterocycles. The Morgan fingerprint density at radius 2 is 1.75 bits per heavy atom. The Morgan fingerprint density at radius 3 is 2.50 bits per heavy atom. The van der Waals surface area contributed by atoms with Crippen molar-refractivity contribution in [2.24, 2.45) is 0 Å². The molecule has 0 bridgehead atoms. The second kappa shape index (κ2) is 7.61. The SMILES string of the molecule is Fc1cc(COc2ccn3ccnc3n2)cc(F)c1Oc1ccc(Cl)c(Cl)c1. The van der Waals surface area contributed by atoms with E-state index < -0.39 is 17.4 Å². The van der Waals surface area contributed by atoms with Crippen LogP contribution in [-0.2, 0) is 6.61 Å². The molecule has 0 aliphatic carbocycles. The number of ether oxygens (including phenoxy) is 2. The topological polar surface area (TPSA) is 48.7 Å². The third kappa shape index (κ3) is 3.85. The van der Waals surface area contributed by atoms with Crippen molar-refractivity contribution in [3.63, 3.8) is 0 Å². The van der Waals surface area contributed by atoms with Crippen molar-refractivity contribution in [3.05, 3.63) is 82.2 Å². The van der Waals surface area contributed by atoms with Crippen molar-refractivity contribution >= 4 is 29.0 Å². The Bertz CT molecular complexity index is 1140. The molecule has 0 atom stereocenters. The zero-order chi connectivity index (χ0) is 19.7. The molecule has 2 heterocycles. The van der Waals surface area contributed by atoms with Crippen molar-refractivity contribution in [2.75, 3.05) is 0 Å². The summed E-state index contributed by atoms with van der Waals surface area (Å²) in [6, 6.07) is 8.19. The molecule has 0 unspecified atom stereocenters. The van der Waals surface area contributed by atoms with Crippen LogP contribution in [0.1, 0.15) is 5.56 Å². The molecular formula is C19H11Cl2F2N3O2. The van der Waals surface area contributed by atoms with Crippen LogP contribution in [0, 0.1) is 11.6 Å². The highest BCUT2D eigenvalue weighted by atomic mass is 35.5. The maximum Gasteiger partial charge on any atom is 0.236 e. The zero-order valence-corrected chi connectivity index (χ0v) is 15.6. The van der Waals surface area contributed by atoms with E-state index in [1.54, 1.807) is 29.1 Å². The Balaban J connectivity index is 1.50. The summed E-state index contributed by atoms with van der Waals surface area (Å²) in [5, 5.41) is 0.525. The number of fused-ring (bicyclic) bond motifs is 1. The highest BCUT2D eigenvalue weighted by Crippen LogP contribution is 2.32. The van der Waals surface area contributed by atoms with Crippen LogP contribution < -0.4 is 9.47 Å². The van der Waals surface area contributed by atoms with Gasteiger partial charge in [0.25, 0.3) is 0 Å². The van der Waals surface area contributed by atoms with Crippen LogP contribution in [0.4, 0.5) is 8.78 Å². The normalized spacial score (nSPS) is 11.0. The number of imidazole rings is 1. The Morgan fingerprint density at radius 1 is 0.964 bits per heavy atom. The molecular weight excluding hydrogens is 411 g/mol. The first kappa shape index (κ1) is 18.5. The smallest absolute Gasteiger partial charge is 0.236 e. The van der Waals surface area contributed by atoms with Gasteiger partial charge in [0.2, 0.25) is 11.7 Å². The number of halogens is 4. The molecule has 2 aromatic carbocycles. The number of rotatable bonds is 5. The lowest BCUT2D eigenvalue weighted by atomic mass is 10.2. The first-order chi connectivity index (χ1) is 13.5. The molecule has 28 heavy (non-hydrogen) atoms. The minimum absolute atomic E-state index is 0.0786. The second-order valence-electron chi connectivity index (χ2n) is 5.76. The van der Waals surface area contributed by atoms with Gasteiger partial charge in [0.05, 0.1) is 10.0 Å². The third-order valence-corrected chi connectivity index (χ3v) is 4.53. The van der Waals surface area contributed by atoms with Gasteiger partial charge in [-0.2, -0.15) is 4.98 Å². The lowest BCUT2D eigenvalue weighted by Crippen LogP contribution is -2.01. The van der Waals surface area contributed by atoms with Crippen LogP contribution in [0.25, 0.3) is 5.78 Å². The predicted molar refractivity (Wildman–Crippen MR) is 100 cm³/mol. The van der Waals surface area contributed by atoms with Crippen molar-refractivity contribution in [3.8, 4) is 17.4 Å². The van der Waals surface area contributed by atoms with E-state index >= 15 is 0 Å². The monoisotopic (exact) mass is 421 g/mol. The lowest BCUT2D eigenvalue weighted by Gasteiger charge is -2.11. The van der Waals surface area contributed by atoms with Gasteiger partial charge >= 0.3 is 0 Å². The predicted octanol–water partition coefficient (Wildman–Crippen LogP) is 5.69. The van der Waals surface area contributed by atoms with Crippen molar-refractivity contribution in [1.29, 1.82) is 0 Å². The minimum Gasteiger partial charge on any atom is -0.473 e. The van der Waals surface area contributed by atoms with E-state index in [2.05, 4.69) is 9.97 Å². The summed E-state index contributed by atoms with van der Waals surface area (Å²) in [7, 11) is 0. The summed E-state index contributed by atoms with van der Waals surface area (Å²) in [5.41, 5.74) is 0.279. The fraction of sp³-hybridized carbons (Fsp3) is 0.0526. The Kier molecular flexibility index (Phi) is 5.02. The largest absolute Gasteiger partial charge is 0.473 e. The van der Waals surface area contributed by atoms with Gasteiger partial charge in [-0.05, 0) is 29.8 Å². The van der Waals surface area contributed by atoms with Crippen LogP contribution >= 0.6 is 23.2 Å². The second-order valence-corrected chi connectivity index (χ2v) is 6.57. The maximum absolute atomic E-state index is 14.4. The van der Waals surface area contributed by atoms with E-state index in [1.165, 1.54) is 18.2 Å². The standard InChI is InChI=1S/C19H11Cl2F2N3O2/c20-13-2-1-12(9-14(13)21)28-18-15(22)7-11(8-16(18)23)10-27-17-3-5-26-6-4-24-19(26)25-17/h1-9H,10H2. The van der Waals surface area contributed by atoms with Crippen LogP contribution in [0.15, 0.2) is 55.0 Å². The lowest BCUT2D eigenvalue weighted by molar-refractivity contribution is 0.292. The van der Waals surface area contributed by atoms with Crippen LogP contribution in [0.5, 0.6) is 17.4 Å². The summed E-state index contributed by atoms with van der Waals surface area (Å²) in [4.78, 5) is 8.22. The number of nitrogens with zero attached hydrogens (tertiary/aromatic N) is 3. The summed E-state index contributed by atoms with van der Waals surface area (Å²) >= 11 is 11.7. The van der Waals surface area contributed by atoms with Gasteiger partial charge in [-0.15, -0.1) is 0 Å². The molecule has 0 saturated carbocycles. The molecule has 4 rings (SSSR count). The number of hydrogen-bond acceptors (Lipinski definition) is 4. The summed E-state index contributed by atoms with van der Waals surface area (Å²) in [6.45, 7) is -0.0786. The van der Waals surface area contributed by atoms with Gasteiger partial charge in [0, 0.05) is 30.7 Å². The quantitative estimate of drug-likeness (QED) is 0.415. The molecule has 5 nitrogen and oxygen atoms in total. The van der Waals surface area contributed by atoms with Gasteiger partial charge in [-0.1, -0.05) is 23.2 Å². The van der Waals surface area contributed by atoms with Gasteiger partial charge in [-0.3, -0.25) is 4.40 Å². The average molecular weight is 422 g/mol. The number of hydrogen-bond donors (Lipinski definition) is 0. The van der Waals surface area contributed by atoms with Crippen LogP contribution in [0.2, 0.25) is 10.0 Å². The average Bonchev–Trinajstić information content (AvgIpc) is 3.13. The van der Waals surface area contributed by atoms with E-state index in [0.29, 0.717) is 10.8 Å².